The maximum Gasteiger partial charge on any atom is 0.337 e. The molecule has 94 valence electrons. The number of aromatic carboxylic acids is 1. The van der Waals surface area contributed by atoms with Gasteiger partial charge < -0.3 is 15.5 Å². The lowest BCUT2D eigenvalue weighted by molar-refractivity contribution is 0.0696. The van der Waals surface area contributed by atoms with E-state index in [4.69, 9.17) is 5.11 Å². The molecular formula is C12H18N2O3. The van der Waals surface area contributed by atoms with Crippen molar-refractivity contribution in [1.29, 1.82) is 0 Å². The molecule has 5 heteroatoms. The van der Waals surface area contributed by atoms with E-state index in [1.54, 1.807) is 6.07 Å². The third-order valence-corrected chi connectivity index (χ3v) is 2.38. The minimum atomic E-state index is -0.977. The number of aliphatic hydroxyl groups excluding tert-OH is 1. The molecule has 1 aromatic heterocycles. The van der Waals surface area contributed by atoms with Gasteiger partial charge in [0.05, 0.1) is 17.4 Å². The Morgan fingerprint density at radius 3 is 2.82 bits per heavy atom. The van der Waals surface area contributed by atoms with Gasteiger partial charge in [-0.25, -0.2) is 4.79 Å². The second kappa shape index (κ2) is 6.98. The topological polar surface area (TPSA) is 82.5 Å². The molecule has 17 heavy (non-hydrogen) atoms. The Bertz CT molecular complexity index is 351. The smallest absolute Gasteiger partial charge is 0.337 e. The molecule has 0 saturated heterocycles. The van der Waals surface area contributed by atoms with E-state index in [1.165, 1.54) is 12.3 Å². The fourth-order valence-corrected chi connectivity index (χ4v) is 1.46. The van der Waals surface area contributed by atoms with Gasteiger partial charge in [0.2, 0.25) is 0 Å². The van der Waals surface area contributed by atoms with E-state index in [-0.39, 0.29) is 11.7 Å². The predicted molar refractivity (Wildman–Crippen MR) is 63.8 cm³/mol. The van der Waals surface area contributed by atoms with Crippen LogP contribution in [0.3, 0.4) is 0 Å². The van der Waals surface area contributed by atoms with E-state index in [1.807, 2.05) is 6.92 Å². The Kier molecular flexibility index (Phi) is 5.59. The molecule has 0 saturated carbocycles. The molecule has 0 aliphatic carbocycles. The van der Waals surface area contributed by atoms with Crippen molar-refractivity contribution in [3.05, 3.63) is 29.6 Å². The van der Waals surface area contributed by atoms with Crippen LogP contribution in [0.15, 0.2) is 18.3 Å². The van der Waals surface area contributed by atoms with Crippen LogP contribution in [-0.4, -0.2) is 33.8 Å². The summed E-state index contributed by atoms with van der Waals surface area (Å²) in [6.45, 7) is 3.08. The van der Waals surface area contributed by atoms with Crippen LogP contribution < -0.4 is 5.32 Å². The first kappa shape index (κ1) is 13.6. The lowest BCUT2D eigenvalue weighted by Gasteiger charge is -2.10. The minimum absolute atomic E-state index is 0.180. The summed E-state index contributed by atoms with van der Waals surface area (Å²) in [6.07, 6.45) is 2.73. The lowest BCUT2D eigenvalue weighted by atomic mass is 10.2. The molecule has 3 N–H and O–H groups in total. The first-order chi connectivity index (χ1) is 8.13. The highest BCUT2D eigenvalue weighted by Gasteiger charge is 2.04. The van der Waals surface area contributed by atoms with Gasteiger partial charge in [-0.3, -0.25) is 4.98 Å². The van der Waals surface area contributed by atoms with Crippen molar-refractivity contribution >= 4 is 5.97 Å². The zero-order valence-corrected chi connectivity index (χ0v) is 9.89. The average Bonchev–Trinajstić information content (AvgIpc) is 2.30. The maximum atomic E-state index is 10.6. The summed E-state index contributed by atoms with van der Waals surface area (Å²) < 4.78 is 0. The number of hydrogen-bond acceptors (Lipinski definition) is 4. The van der Waals surface area contributed by atoms with Crippen molar-refractivity contribution in [3.63, 3.8) is 0 Å². The molecule has 5 nitrogen and oxygen atoms in total. The third kappa shape index (κ3) is 4.93. The quantitative estimate of drug-likeness (QED) is 0.661. The van der Waals surface area contributed by atoms with Gasteiger partial charge in [-0.05, 0) is 18.6 Å². The molecule has 0 aromatic carbocycles. The summed E-state index contributed by atoms with van der Waals surface area (Å²) in [4.78, 5) is 14.6. The number of nitrogens with zero attached hydrogens (tertiary/aromatic N) is 1. The highest BCUT2D eigenvalue weighted by atomic mass is 16.4. The van der Waals surface area contributed by atoms with Gasteiger partial charge >= 0.3 is 5.97 Å². The van der Waals surface area contributed by atoms with E-state index in [2.05, 4.69) is 10.3 Å². The number of aliphatic hydroxyl groups is 1. The van der Waals surface area contributed by atoms with Gasteiger partial charge in [0.25, 0.3) is 0 Å². The van der Waals surface area contributed by atoms with E-state index >= 15 is 0 Å². The normalized spacial score (nSPS) is 12.4. The molecule has 0 radical (unpaired) electrons. The number of nitrogens with one attached hydrogen (secondary N) is 1. The monoisotopic (exact) mass is 238 g/mol. The van der Waals surface area contributed by atoms with Crippen LogP contribution in [-0.2, 0) is 6.54 Å². The number of aromatic nitrogens is 1. The van der Waals surface area contributed by atoms with E-state index in [0.29, 0.717) is 13.1 Å². The molecule has 1 rings (SSSR count). The zero-order valence-electron chi connectivity index (χ0n) is 9.89. The van der Waals surface area contributed by atoms with E-state index < -0.39 is 5.97 Å². The van der Waals surface area contributed by atoms with Gasteiger partial charge in [0, 0.05) is 19.3 Å². The van der Waals surface area contributed by atoms with Crippen molar-refractivity contribution < 1.29 is 15.0 Å². The Hall–Kier alpha value is -1.46. The number of hydrogen-bond donors (Lipinski definition) is 3. The van der Waals surface area contributed by atoms with Crippen LogP contribution in [0.5, 0.6) is 0 Å². The molecule has 0 amide bonds. The molecule has 1 aromatic rings. The fraction of sp³-hybridized carbons (Fsp3) is 0.500. The lowest BCUT2D eigenvalue weighted by Crippen LogP contribution is -2.26. The molecule has 0 aliphatic rings. The molecular weight excluding hydrogens is 220 g/mol. The standard InChI is InChI=1S/C12H18N2O3/c1-2-3-11(15)8-13-7-10-5-4-9(6-14-10)12(16)17/h4-6,11,13,15H,2-3,7-8H2,1H3,(H,16,17). The van der Waals surface area contributed by atoms with Gasteiger partial charge in [0.1, 0.15) is 0 Å². The van der Waals surface area contributed by atoms with Crippen molar-refractivity contribution in [3.8, 4) is 0 Å². The highest BCUT2D eigenvalue weighted by molar-refractivity contribution is 5.87. The minimum Gasteiger partial charge on any atom is -0.478 e. The number of carboxylic acids is 1. The van der Waals surface area contributed by atoms with Crippen molar-refractivity contribution in [2.45, 2.75) is 32.4 Å². The average molecular weight is 238 g/mol. The fourth-order valence-electron chi connectivity index (χ4n) is 1.46. The van der Waals surface area contributed by atoms with Crippen LogP contribution >= 0.6 is 0 Å². The Morgan fingerprint density at radius 1 is 1.53 bits per heavy atom. The largest absolute Gasteiger partial charge is 0.478 e. The highest BCUT2D eigenvalue weighted by Crippen LogP contribution is 2.00. The first-order valence-corrected chi connectivity index (χ1v) is 5.70. The van der Waals surface area contributed by atoms with Crippen molar-refractivity contribution in [2.75, 3.05) is 6.54 Å². The maximum absolute atomic E-state index is 10.6. The summed E-state index contributed by atoms with van der Waals surface area (Å²) in [5.74, 6) is -0.977. The molecule has 0 bridgehead atoms. The number of pyridine rings is 1. The van der Waals surface area contributed by atoms with Crippen LogP contribution in [0.4, 0.5) is 0 Å². The third-order valence-electron chi connectivity index (χ3n) is 2.38. The molecule has 1 atom stereocenters. The number of carbonyl (C=O) groups is 1. The van der Waals surface area contributed by atoms with Crippen LogP contribution in [0.25, 0.3) is 0 Å². The second-order valence-electron chi connectivity index (χ2n) is 3.92. The summed E-state index contributed by atoms with van der Waals surface area (Å²) in [6, 6.07) is 3.19. The van der Waals surface area contributed by atoms with Crippen LogP contribution in [0.1, 0.15) is 35.8 Å². The van der Waals surface area contributed by atoms with Gasteiger partial charge in [-0.2, -0.15) is 0 Å². The summed E-state index contributed by atoms with van der Waals surface area (Å²) in [7, 11) is 0. The SMILES string of the molecule is CCCC(O)CNCc1ccc(C(=O)O)cn1. The molecule has 0 spiro atoms. The van der Waals surface area contributed by atoms with Gasteiger partial charge in [-0.15, -0.1) is 0 Å². The van der Waals surface area contributed by atoms with Gasteiger partial charge in [0.15, 0.2) is 0 Å². The molecule has 1 unspecified atom stereocenters. The Morgan fingerprint density at radius 2 is 2.29 bits per heavy atom. The predicted octanol–water partition coefficient (Wildman–Crippen LogP) is 1.03. The first-order valence-electron chi connectivity index (χ1n) is 5.70. The van der Waals surface area contributed by atoms with Crippen molar-refractivity contribution in [1.82, 2.24) is 10.3 Å². The summed E-state index contributed by atoms with van der Waals surface area (Å²) >= 11 is 0. The summed E-state index contributed by atoms with van der Waals surface area (Å²) in [5, 5.41) is 21.3. The number of carboxylic acid groups (broad SMARTS) is 1. The molecule has 1 heterocycles. The van der Waals surface area contributed by atoms with E-state index in [0.717, 1.165) is 18.5 Å². The molecule has 0 fully saturated rings. The van der Waals surface area contributed by atoms with Crippen LogP contribution in [0, 0.1) is 0 Å². The molecule has 0 aliphatic heterocycles. The summed E-state index contributed by atoms with van der Waals surface area (Å²) in [5.41, 5.74) is 0.943. The van der Waals surface area contributed by atoms with Gasteiger partial charge in [-0.1, -0.05) is 13.3 Å². The Labute approximate surface area is 101 Å². The van der Waals surface area contributed by atoms with E-state index in [9.17, 15) is 9.90 Å². The number of rotatable bonds is 7. The van der Waals surface area contributed by atoms with Crippen molar-refractivity contribution in [2.24, 2.45) is 0 Å². The zero-order chi connectivity index (χ0) is 12.7. The second-order valence-corrected chi connectivity index (χ2v) is 3.92. The Balaban J connectivity index is 2.34. The van der Waals surface area contributed by atoms with Crippen LogP contribution in [0.2, 0.25) is 0 Å².